The Labute approximate surface area is 84.6 Å². The average molecular weight is 224 g/mol. The molecular formula is C9H11F3O3. The number of hydrogen-bond donors (Lipinski definition) is 0. The number of carbonyl (C=O) groups excluding carboxylic acids is 2. The Morgan fingerprint density at radius 3 is 2.27 bits per heavy atom. The van der Waals surface area contributed by atoms with Gasteiger partial charge in [0.2, 0.25) is 0 Å². The van der Waals surface area contributed by atoms with Crippen LogP contribution >= 0.6 is 0 Å². The molecule has 1 rings (SSSR count). The maximum atomic E-state index is 11.7. The third kappa shape index (κ3) is 3.89. The summed E-state index contributed by atoms with van der Waals surface area (Å²) in [6.45, 7) is 0. The Morgan fingerprint density at radius 1 is 1.27 bits per heavy atom. The molecule has 0 aromatic heterocycles. The number of hydrogen-bond acceptors (Lipinski definition) is 3. The summed E-state index contributed by atoms with van der Waals surface area (Å²) in [6, 6.07) is 0. The highest BCUT2D eigenvalue weighted by Gasteiger charge is 2.42. The molecule has 0 amide bonds. The average Bonchev–Trinajstić information content (AvgIpc) is 1.99. The molecule has 86 valence electrons. The van der Waals surface area contributed by atoms with E-state index in [1.807, 2.05) is 0 Å². The lowest BCUT2D eigenvalue weighted by Crippen LogP contribution is -2.28. The van der Waals surface area contributed by atoms with Gasteiger partial charge >= 0.3 is 18.1 Å². The van der Waals surface area contributed by atoms with E-state index < -0.39 is 18.1 Å². The van der Waals surface area contributed by atoms with Gasteiger partial charge in [-0.25, -0.2) is 4.79 Å². The van der Waals surface area contributed by atoms with Crippen LogP contribution in [0.4, 0.5) is 13.2 Å². The van der Waals surface area contributed by atoms with Gasteiger partial charge in [0.15, 0.2) is 0 Å². The quantitative estimate of drug-likeness (QED) is 0.545. The summed E-state index contributed by atoms with van der Waals surface area (Å²) in [6.07, 6.45) is -1.61. The minimum atomic E-state index is -5.09. The highest BCUT2D eigenvalue weighted by atomic mass is 19.4. The van der Waals surface area contributed by atoms with Crippen LogP contribution in [0.3, 0.4) is 0 Å². The largest absolute Gasteiger partial charge is 0.491 e. The van der Waals surface area contributed by atoms with Gasteiger partial charge in [-0.05, 0) is 12.3 Å². The monoisotopic (exact) mass is 224 g/mol. The maximum absolute atomic E-state index is 11.7. The van der Waals surface area contributed by atoms with Crippen molar-refractivity contribution in [3.8, 4) is 0 Å². The molecule has 0 aromatic rings. The Bertz CT molecular complexity index is 256. The molecule has 1 aliphatic rings. The van der Waals surface area contributed by atoms with E-state index in [2.05, 4.69) is 4.74 Å². The summed E-state index contributed by atoms with van der Waals surface area (Å²) >= 11 is 0. The van der Waals surface area contributed by atoms with Gasteiger partial charge in [-0.3, -0.25) is 4.79 Å². The van der Waals surface area contributed by atoms with Gasteiger partial charge < -0.3 is 4.74 Å². The second-order valence-corrected chi connectivity index (χ2v) is 3.59. The Morgan fingerprint density at radius 2 is 1.87 bits per heavy atom. The fraction of sp³-hybridized carbons (Fsp3) is 0.778. The van der Waals surface area contributed by atoms with Gasteiger partial charge in [0.1, 0.15) is 0 Å². The maximum Gasteiger partial charge on any atom is 0.491 e. The number of alkyl halides is 3. The number of rotatable bonds is 3. The smallest absolute Gasteiger partial charge is 0.386 e. The van der Waals surface area contributed by atoms with Crippen LogP contribution in [0.15, 0.2) is 0 Å². The first kappa shape index (κ1) is 12.0. The van der Waals surface area contributed by atoms with E-state index >= 15 is 0 Å². The second-order valence-electron chi connectivity index (χ2n) is 3.59. The number of carbonyl (C=O) groups is 2. The summed E-state index contributed by atoms with van der Waals surface area (Å²) in [7, 11) is 0. The first-order valence-electron chi connectivity index (χ1n) is 4.71. The minimum Gasteiger partial charge on any atom is -0.386 e. The molecule has 0 heterocycles. The van der Waals surface area contributed by atoms with Gasteiger partial charge in [0.05, 0.1) is 0 Å². The third-order valence-corrected chi connectivity index (χ3v) is 2.42. The van der Waals surface area contributed by atoms with Crippen LogP contribution in [0.25, 0.3) is 0 Å². The van der Waals surface area contributed by atoms with Crippen molar-refractivity contribution in [1.82, 2.24) is 0 Å². The SMILES string of the molecule is O=C(CCC1CCC1)OC(=O)C(F)(F)F. The van der Waals surface area contributed by atoms with Crippen molar-refractivity contribution in [1.29, 1.82) is 0 Å². The van der Waals surface area contributed by atoms with Crippen LogP contribution in [0, 0.1) is 5.92 Å². The fourth-order valence-electron chi connectivity index (χ4n) is 1.32. The molecule has 15 heavy (non-hydrogen) atoms. The second kappa shape index (κ2) is 4.63. The predicted octanol–water partition coefficient (Wildman–Crippen LogP) is 2.20. The van der Waals surface area contributed by atoms with Gasteiger partial charge in [-0.2, -0.15) is 13.2 Å². The first-order valence-corrected chi connectivity index (χ1v) is 4.71. The molecule has 0 aliphatic heterocycles. The molecule has 1 saturated carbocycles. The van der Waals surface area contributed by atoms with E-state index in [1.165, 1.54) is 0 Å². The van der Waals surface area contributed by atoms with Gasteiger partial charge in [-0.1, -0.05) is 19.3 Å². The standard InChI is InChI=1S/C9H11F3O3/c10-9(11,12)8(14)15-7(13)5-4-6-2-1-3-6/h6H,1-5H2. The summed E-state index contributed by atoms with van der Waals surface area (Å²) in [5.41, 5.74) is 0. The van der Waals surface area contributed by atoms with Crippen molar-refractivity contribution in [3.05, 3.63) is 0 Å². The summed E-state index contributed by atoms with van der Waals surface area (Å²) in [5, 5.41) is 0. The normalized spacial score (nSPS) is 17.0. The molecule has 0 saturated heterocycles. The molecule has 0 N–H and O–H groups in total. The number of ether oxygens (including phenoxy) is 1. The Kier molecular flexibility index (Phi) is 3.71. The zero-order valence-corrected chi connectivity index (χ0v) is 7.97. The van der Waals surface area contributed by atoms with E-state index in [4.69, 9.17) is 0 Å². The van der Waals surface area contributed by atoms with Crippen molar-refractivity contribution in [2.24, 2.45) is 5.92 Å². The topological polar surface area (TPSA) is 43.4 Å². The van der Waals surface area contributed by atoms with Gasteiger partial charge in [0.25, 0.3) is 0 Å². The van der Waals surface area contributed by atoms with Crippen LogP contribution in [0.1, 0.15) is 32.1 Å². The van der Waals surface area contributed by atoms with Crippen LogP contribution in [-0.2, 0) is 14.3 Å². The van der Waals surface area contributed by atoms with Gasteiger partial charge in [0, 0.05) is 6.42 Å². The predicted molar refractivity (Wildman–Crippen MR) is 43.7 cm³/mol. The molecule has 0 radical (unpaired) electrons. The van der Waals surface area contributed by atoms with Crippen molar-refractivity contribution < 1.29 is 27.5 Å². The van der Waals surface area contributed by atoms with Gasteiger partial charge in [-0.15, -0.1) is 0 Å². The van der Waals surface area contributed by atoms with E-state index in [0.717, 1.165) is 19.3 Å². The minimum absolute atomic E-state index is 0.119. The van der Waals surface area contributed by atoms with E-state index in [1.54, 1.807) is 0 Å². The molecule has 0 atom stereocenters. The highest BCUT2D eigenvalue weighted by molar-refractivity contribution is 5.88. The lowest BCUT2D eigenvalue weighted by molar-refractivity contribution is -0.201. The molecule has 6 heteroatoms. The molecule has 3 nitrogen and oxygen atoms in total. The zero-order valence-electron chi connectivity index (χ0n) is 7.97. The molecule has 0 aromatic carbocycles. The van der Waals surface area contributed by atoms with Crippen molar-refractivity contribution >= 4 is 11.9 Å². The van der Waals surface area contributed by atoms with E-state index in [9.17, 15) is 22.8 Å². The summed E-state index contributed by atoms with van der Waals surface area (Å²) in [5.74, 6) is -3.12. The molecule has 1 aliphatic carbocycles. The Balaban J connectivity index is 2.20. The van der Waals surface area contributed by atoms with Crippen molar-refractivity contribution in [3.63, 3.8) is 0 Å². The molecule has 1 fully saturated rings. The van der Waals surface area contributed by atoms with Crippen LogP contribution < -0.4 is 0 Å². The third-order valence-electron chi connectivity index (χ3n) is 2.42. The zero-order chi connectivity index (χ0) is 11.5. The number of halogens is 3. The first-order chi connectivity index (χ1) is 6.89. The van der Waals surface area contributed by atoms with E-state index in [0.29, 0.717) is 12.3 Å². The fourth-order valence-corrected chi connectivity index (χ4v) is 1.32. The lowest BCUT2D eigenvalue weighted by Gasteiger charge is -2.24. The summed E-state index contributed by atoms with van der Waals surface area (Å²) in [4.78, 5) is 21.0. The molecule has 0 spiro atoms. The van der Waals surface area contributed by atoms with E-state index in [-0.39, 0.29) is 6.42 Å². The van der Waals surface area contributed by atoms with Crippen molar-refractivity contribution in [2.75, 3.05) is 0 Å². The lowest BCUT2D eigenvalue weighted by atomic mass is 9.82. The highest BCUT2D eigenvalue weighted by Crippen LogP contribution is 2.30. The van der Waals surface area contributed by atoms with Crippen molar-refractivity contribution in [2.45, 2.75) is 38.3 Å². The van der Waals surface area contributed by atoms with Crippen LogP contribution in [-0.4, -0.2) is 18.1 Å². The Hall–Kier alpha value is -1.07. The van der Waals surface area contributed by atoms with Crippen LogP contribution in [0.5, 0.6) is 0 Å². The molecule has 0 bridgehead atoms. The summed E-state index contributed by atoms with van der Waals surface area (Å²) < 4.78 is 38.6. The molecule has 0 unspecified atom stereocenters. The molecular weight excluding hydrogens is 213 g/mol. The number of esters is 2. The van der Waals surface area contributed by atoms with Crippen LogP contribution in [0.2, 0.25) is 0 Å².